The van der Waals surface area contributed by atoms with Crippen LogP contribution in [0.4, 0.5) is 0 Å². The molecule has 0 amide bonds. The van der Waals surface area contributed by atoms with Gasteiger partial charge in [-0.25, -0.2) is 4.98 Å². The zero-order valence-electron chi connectivity index (χ0n) is 9.93. The van der Waals surface area contributed by atoms with E-state index in [4.69, 9.17) is 5.73 Å². The van der Waals surface area contributed by atoms with E-state index in [0.29, 0.717) is 11.0 Å². The second-order valence-electron chi connectivity index (χ2n) is 4.41. The highest BCUT2D eigenvalue weighted by Gasteiger charge is 2.08. The van der Waals surface area contributed by atoms with Gasteiger partial charge in [-0.05, 0) is 13.8 Å². The Hall–Kier alpha value is -2.13. The molecule has 0 aliphatic rings. The average molecular weight is 231 g/mol. The van der Waals surface area contributed by atoms with Crippen LogP contribution in [0.2, 0.25) is 0 Å². The summed E-state index contributed by atoms with van der Waals surface area (Å²) < 4.78 is 2.76. The molecule has 17 heavy (non-hydrogen) atoms. The van der Waals surface area contributed by atoms with Crippen molar-refractivity contribution in [2.45, 2.75) is 19.4 Å². The first-order valence-corrected chi connectivity index (χ1v) is 5.10. The fourth-order valence-corrected chi connectivity index (χ4v) is 1.28. The molecule has 6 heteroatoms. The van der Waals surface area contributed by atoms with Crippen molar-refractivity contribution in [2.75, 3.05) is 0 Å². The molecule has 0 spiro atoms. The summed E-state index contributed by atoms with van der Waals surface area (Å²) in [5, 5.41) is 4.46. The molecule has 0 unspecified atom stereocenters. The Balaban J connectivity index is 2.62. The molecule has 2 N–H and O–H groups in total. The number of nitrogens with zero attached hydrogens (tertiary/aromatic N) is 4. The third-order valence-electron chi connectivity index (χ3n) is 2.13. The molecule has 2 rings (SSSR count). The monoisotopic (exact) mass is 231 g/mol. The summed E-state index contributed by atoms with van der Waals surface area (Å²) in [5.74, 6) is 2.83. The number of fused-ring (bicyclic) bond motifs is 1. The van der Waals surface area contributed by atoms with Crippen LogP contribution >= 0.6 is 0 Å². The molecule has 2 aromatic heterocycles. The highest BCUT2D eigenvalue weighted by molar-refractivity contribution is 5.73. The zero-order valence-corrected chi connectivity index (χ0v) is 9.93. The van der Waals surface area contributed by atoms with Crippen LogP contribution in [0.3, 0.4) is 0 Å². The van der Waals surface area contributed by atoms with Crippen molar-refractivity contribution in [3.63, 3.8) is 0 Å². The van der Waals surface area contributed by atoms with Crippen LogP contribution in [0.25, 0.3) is 11.0 Å². The normalized spacial score (nSPS) is 11.3. The van der Waals surface area contributed by atoms with E-state index in [1.54, 1.807) is 20.9 Å². The van der Waals surface area contributed by atoms with Crippen molar-refractivity contribution >= 4 is 11.0 Å². The van der Waals surface area contributed by atoms with E-state index in [1.165, 1.54) is 21.8 Å². The average Bonchev–Trinajstić information content (AvgIpc) is 2.63. The minimum absolute atomic E-state index is 0.143. The molecule has 88 valence electrons. The van der Waals surface area contributed by atoms with Crippen LogP contribution in [-0.2, 0) is 7.05 Å². The van der Waals surface area contributed by atoms with Crippen LogP contribution in [0.15, 0.2) is 17.3 Å². The van der Waals surface area contributed by atoms with Gasteiger partial charge < -0.3 is 10.3 Å². The van der Waals surface area contributed by atoms with E-state index >= 15 is 0 Å². The molecule has 0 bridgehead atoms. The molecule has 0 radical (unpaired) electrons. The Morgan fingerprint density at radius 3 is 2.82 bits per heavy atom. The SMILES string of the molecule is Cn1cnc2c(cnn2C#CC(C)(C)N)c1=O. The van der Waals surface area contributed by atoms with Gasteiger partial charge in [0, 0.05) is 13.1 Å². The van der Waals surface area contributed by atoms with Gasteiger partial charge in [0.1, 0.15) is 5.39 Å². The highest BCUT2D eigenvalue weighted by Crippen LogP contribution is 2.03. The standard InChI is InChI=1S/C11H13N5O/c1-11(2,12)4-5-16-9-8(6-14-16)10(17)15(3)7-13-9/h6-7H,12H2,1-3H3. The molecule has 0 saturated heterocycles. The zero-order chi connectivity index (χ0) is 12.6. The van der Waals surface area contributed by atoms with Crippen LogP contribution in [0.1, 0.15) is 13.8 Å². The minimum atomic E-state index is -0.613. The van der Waals surface area contributed by atoms with E-state index in [2.05, 4.69) is 22.0 Å². The van der Waals surface area contributed by atoms with Gasteiger partial charge in [-0.2, -0.15) is 9.78 Å². The van der Waals surface area contributed by atoms with Crippen LogP contribution in [0, 0.1) is 12.0 Å². The van der Waals surface area contributed by atoms with E-state index in [1.807, 2.05) is 0 Å². The van der Waals surface area contributed by atoms with E-state index in [9.17, 15) is 4.79 Å². The summed E-state index contributed by atoms with van der Waals surface area (Å²) in [5.41, 5.74) is 5.44. The summed E-state index contributed by atoms with van der Waals surface area (Å²) in [4.78, 5) is 15.9. The van der Waals surface area contributed by atoms with Gasteiger partial charge in [0.05, 0.1) is 18.1 Å². The van der Waals surface area contributed by atoms with Gasteiger partial charge in [-0.1, -0.05) is 5.92 Å². The van der Waals surface area contributed by atoms with Crippen molar-refractivity contribution in [2.24, 2.45) is 12.8 Å². The second-order valence-corrected chi connectivity index (χ2v) is 4.41. The molecule has 6 nitrogen and oxygen atoms in total. The maximum atomic E-state index is 11.7. The quantitative estimate of drug-likeness (QED) is 0.630. The molecule has 0 aromatic carbocycles. The number of hydrogen-bond acceptors (Lipinski definition) is 4. The number of aromatic nitrogens is 4. The van der Waals surface area contributed by atoms with Crippen molar-refractivity contribution in [3.8, 4) is 12.0 Å². The lowest BCUT2D eigenvalue weighted by Gasteiger charge is -2.06. The molecule has 0 atom stereocenters. The topological polar surface area (TPSA) is 78.7 Å². The Morgan fingerprint density at radius 2 is 2.18 bits per heavy atom. The largest absolute Gasteiger partial charge is 0.316 e. The summed E-state index contributed by atoms with van der Waals surface area (Å²) in [6.45, 7) is 3.58. The molecule has 0 aliphatic heterocycles. The Bertz CT molecular complexity index is 678. The molecule has 0 aliphatic carbocycles. The summed E-state index contributed by atoms with van der Waals surface area (Å²) in [7, 11) is 1.64. The third kappa shape index (κ3) is 2.19. The number of nitrogens with two attached hydrogens (primary N) is 1. The predicted molar refractivity (Wildman–Crippen MR) is 64.2 cm³/mol. The molecule has 2 heterocycles. The molecule has 0 saturated carbocycles. The predicted octanol–water partition coefficient (Wildman–Crippen LogP) is -0.324. The van der Waals surface area contributed by atoms with Gasteiger partial charge >= 0.3 is 0 Å². The van der Waals surface area contributed by atoms with Crippen LogP contribution in [0.5, 0.6) is 0 Å². The van der Waals surface area contributed by atoms with Gasteiger partial charge in [-0.15, -0.1) is 0 Å². The van der Waals surface area contributed by atoms with Gasteiger partial charge in [0.15, 0.2) is 5.65 Å². The lowest BCUT2D eigenvalue weighted by molar-refractivity contribution is 0.678. The minimum Gasteiger partial charge on any atom is -0.316 e. The molecular formula is C11H13N5O. The lowest BCUT2D eigenvalue weighted by atomic mass is 10.1. The first-order chi connectivity index (χ1) is 7.88. The molecule has 0 fully saturated rings. The first kappa shape index (κ1) is 11.4. The lowest BCUT2D eigenvalue weighted by Crippen LogP contribution is -2.29. The van der Waals surface area contributed by atoms with Gasteiger partial charge in [-0.3, -0.25) is 4.79 Å². The number of hydrogen-bond donors (Lipinski definition) is 1. The van der Waals surface area contributed by atoms with E-state index in [0.717, 1.165) is 0 Å². The Morgan fingerprint density at radius 1 is 1.47 bits per heavy atom. The summed E-state index contributed by atoms with van der Waals surface area (Å²) in [6.07, 6.45) is 2.90. The summed E-state index contributed by atoms with van der Waals surface area (Å²) in [6, 6.07) is 2.77. The van der Waals surface area contributed by atoms with Gasteiger partial charge in [0.25, 0.3) is 5.56 Å². The van der Waals surface area contributed by atoms with Gasteiger partial charge in [0.2, 0.25) is 0 Å². The van der Waals surface area contributed by atoms with Crippen LogP contribution < -0.4 is 11.3 Å². The van der Waals surface area contributed by atoms with Crippen molar-refractivity contribution < 1.29 is 0 Å². The number of aryl methyl sites for hydroxylation is 1. The Kier molecular flexibility index (Phi) is 2.48. The second kappa shape index (κ2) is 3.71. The smallest absolute Gasteiger partial charge is 0.264 e. The van der Waals surface area contributed by atoms with E-state index in [-0.39, 0.29) is 5.56 Å². The third-order valence-corrected chi connectivity index (χ3v) is 2.13. The molecular weight excluding hydrogens is 218 g/mol. The van der Waals surface area contributed by atoms with Crippen molar-refractivity contribution in [3.05, 3.63) is 22.9 Å². The van der Waals surface area contributed by atoms with E-state index < -0.39 is 5.54 Å². The first-order valence-electron chi connectivity index (χ1n) is 5.10. The fourth-order valence-electron chi connectivity index (χ4n) is 1.28. The van der Waals surface area contributed by atoms with Crippen LogP contribution in [-0.4, -0.2) is 24.9 Å². The fraction of sp³-hybridized carbons (Fsp3) is 0.364. The Labute approximate surface area is 98.1 Å². The number of rotatable bonds is 0. The maximum absolute atomic E-state index is 11.7. The maximum Gasteiger partial charge on any atom is 0.264 e. The summed E-state index contributed by atoms with van der Waals surface area (Å²) >= 11 is 0. The van der Waals surface area contributed by atoms with Crippen molar-refractivity contribution in [1.82, 2.24) is 19.3 Å². The molecule has 2 aromatic rings. The van der Waals surface area contributed by atoms with Crippen molar-refractivity contribution in [1.29, 1.82) is 0 Å². The highest BCUT2D eigenvalue weighted by atomic mass is 16.1.